The van der Waals surface area contributed by atoms with Gasteiger partial charge in [0, 0.05) is 0 Å². The number of piperidine rings is 1. The van der Waals surface area contributed by atoms with Crippen LogP contribution in [0.25, 0.3) is 0 Å². The van der Waals surface area contributed by atoms with E-state index in [0.717, 1.165) is 25.9 Å². The Morgan fingerprint density at radius 1 is 1.62 bits per heavy atom. The van der Waals surface area contributed by atoms with Crippen molar-refractivity contribution in [2.45, 2.75) is 18.9 Å². The van der Waals surface area contributed by atoms with Gasteiger partial charge in [0.15, 0.2) is 0 Å². The van der Waals surface area contributed by atoms with E-state index >= 15 is 0 Å². The van der Waals surface area contributed by atoms with E-state index in [1.807, 2.05) is 4.90 Å². The summed E-state index contributed by atoms with van der Waals surface area (Å²) in [6.45, 7) is 1.79. The molecule has 1 heterocycles. The van der Waals surface area contributed by atoms with Gasteiger partial charge in [0.2, 0.25) is 0 Å². The summed E-state index contributed by atoms with van der Waals surface area (Å²) in [6.07, 6.45) is 1.91. The summed E-state index contributed by atoms with van der Waals surface area (Å²) in [5.41, 5.74) is 0. The van der Waals surface area contributed by atoms with Gasteiger partial charge < -0.3 is 10.0 Å². The molecule has 0 aliphatic carbocycles. The predicted octanol–water partition coefficient (Wildman–Crippen LogP) is 0.235. The van der Waals surface area contributed by atoms with Gasteiger partial charge in [0.25, 0.3) is 0 Å². The van der Waals surface area contributed by atoms with Gasteiger partial charge in [-0.1, -0.05) is 0 Å². The fourth-order valence-electron chi connectivity index (χ4n) is 1.03. The average Bonchev–Trinajstić information content (AvgIpc) is 1.64. The van der Waals surface area contributed by atoms with Crippen LogP contribution in [0.3, 0.4) is 0 Å². The molecule has 0 radical (unpaired) electrons. The van der Waals surface area contributed by atoms with Gasteiger partial charge in [-0.05, 0) is 25.9 Å². The van der Waals surface area contributed by atoms with Crippen LogP contribution >= 0.6 is 0 Å². The van der Waals surface area contributed by atoms with E-state index in [0.29, 0.717) is 0 Å². The molecule has 2 heteroatoms. The lowest BCUT2D eigenvalue weighted by Gasteiger charge is -2.32. The van der Waals surface area contributed by atoms with Crippen LogP contribution in [0.5, 0.6) is 0 Å². The SMILES string of the molecule is [CH2-]N1CCC[C@H](O)C1. The third kappa shape index (κ3) is 1.46. The molecule has 1 saturated heterocycles. The van der Waals surface area contributed by atoms with Crippen LogP contribution in [0.4, 0.5) is 0 Å². The number of aliphatic hydroxyl groups excluding tert-OH is 1. The highest BCUT2D eigenvalue weighted by Crippen LogP contribution is 2.07. The first-order valence-electron chi connectivity index (χ1n) is 3.02. The van der Waals surface area contributed by atoms with Crippen LogP contribution in [-0.4, -0.2) is 29.2 Å². The molecule has 0 bridgehead atoms. The van der Waals surface area contributed by atoms with Crippen molar-refractivity contribution in [3.8, 4) is 0 Å². The molecule has 1 N–H and O–H groups in total. The Hall–Kier alpha value is -0.0800. The molecule has 0 spiro atoms. The second-order valence-electron chi connectivity index (χ2n) is 2.37. The fraction of sp³-hybridized carbons (Fsp3) is 0.833. The largest absolute Gasteiger partial charge is 0.457 e. The normalized spacial score (nSPS) is 33.0. The molecule has 0 aromatic rings. The molecule has 1 fully saturated rings. The van der Waals surface area contributed by atoms with Gasteiger partial charge >= 0.3 is 0 Å². The number of β-amino-alcohol motifs (C(OH)–C–C–N with tert-alkyl or cyclic N) is 1. The molecule has 1 aliphatic rings. The van der Waals surface area contributed by atoms with Crippen molar-refractivity contribution >= 4 is 0 Å². The minimum atomic E-state index is -0.124. The molecule has 0 unspecified atom stereocenters. The summed E-state index contributed by atoms with van der Waals surface area (Å²) in [5, 5.41) is 9.00. The van der Waals surface area contributed by atoms with Gasteiger partial charge in [-0.15, -0.1) is 0 Å². The second-order valence-corrected chi connectivity index (χ2v) is 2.37. The lowest BCUT2D eigenvalue weighted by molar-refractivity contribution is 0.0928. The lowest BCUT2D eigenvalue weighted by atomic mass is 10.1. The average molecular weight is 114 g/mol. The Morgan fingerprint density at radius 2 is 2.38 bits per heavy atom. The van der Waals surface area contributed by atoms with Crippen molar-refractivity contribution in [2.75, 3.05) is 13.1 Å². The number of hydrogen-bond donors (Lipinski definition) is 1. The van der Waals surface area contributed by atoms with Crippen molar-refractivity contribution in [3.63, 3.8) is 0 Å². The molecule has 1 rings (SSSR count). The van der Waals surface area contributed by atoms with Crippen LogP contribution < -0.4 is 0 Å². The summed E-state index contributed by atoms with van der Waals surface area (Å²) < 4.78 is 0. The molecule has 48 valence electrons. The number of hydrogen-bond acceptors (Lipinski definition) is 2. The van der Waals surface area contributed by atoms with Crippen LogP contribution in [-0.2, 0) is 0 Å². The van der Waals surface area contributed by atoms with E-state index < -0.39 is 0 Å². The van der Waals surface area contributed by atoms with Crippen LogP contribution in [0.15, 0.2) is 0 Å². The van der Waals surface area contributed by atoms with Crippen LogP contribution in [0.2, 0.25) is 0 Å². The van der Waals surface area contributed by atoms with Gasteiger partial charge in [-0.3, -0.25) is 7.05 Å². The third-order valence-electron chi connectivity index (χ3n) is 1.48. The quantitative estimate of drug-likeness (QED) is 0.456. The van der Waals surface area contributed by atoms with Gasteiger partial charge in [0.1, 0.15) is 0 Å². The number of nitrogens with zero attached hydrogens (tertiary/aromatic N) is 1. The van der Waals surface area contributed by atoms with E-state index in [2.05, 4.69) is 7.05 Å². The molecule has 8 heavy (non-hydrogen) atoms. The standard InChI is InChI=1S/C6H12NO/c1-7-4-2-3-6(8)5-7/h6,8H,1-5H2/q-1/t6-/m0/s1. The molecule has 2 nitrogen and oxygen atoms in total. The zero-order valence-corrected chi connectivity index (χ0v) is 5.01. The third-order valence-corrected chi connectivity index (χ3v) is 1.48. The monoisotopic (exact) mass is 114 g/mol. The molecule has 0 saturated carbocycles. The number of aliphatic hydroxyl groups is 1. The van der Waals surface area contributed by atoms with E-state index in [1.54, 1.807) is 0 Å². The highest BCUT2D eigenvalue weighted by molar-refractivity contribution is 4.69. The summed E-state index contributed by atoms with van der Waals surface area (Å²) in [4.78, 5) is 1.91. The topological polar surface area (TPSA) is 23.5 Å². The number of likely N-dealkylation sites (tertiary alicyclic amines) is 1. The highest BCUT2D eigenvalue weighted by Gasteiger charge is 2.08. The van der Waals surface area contributed by atoms with Gasteiger partial charge in [-0.25, -0.2) is 0 Å². The fourth-order valence-corrected chi connectivity index (χ4v) is 1.03. The Labute approximate surface area is 50.1 Å². The zero-order chi connectivity index (χ0) is 5.98. The predicted molar refractivity (Wildman–Crippen MR) is 32.2 cm³/mol. The molecular formula is C6H12NO-. The second kappa shape index (κ2) is 2.46. The van der Waals surface area contributed by atoms with E-state index in [1.165, 1.54) is 0 Å². The van der Waals surface area contributed by atoms with Crippen LogP contribution in [0.1, 0.15) is 12.8 Å². The zero-order valence-electron chi connectivity index (χ0n) is 5.01. The van der Waals surface area contributed by atoms with Crippen molar-refractivity contribution in [1.29, 1.82) is 0 Å². The first-order valence-corrected chi connectivity index (χ1v) is 3.02. The minimum Gasteiger partial charge on any atom is -0.457 e. The highest BCUT2D eigenvalue weighted by atomic mass is 16.3. The molecule has 1 aliphatic heterocycles. The molecule has 0 aromatic carbocycles. The maximum absolute atomic E-state index is 9.00. The number of rotatable bonds is 0. The van der Waals surface area contributed by atoms with E-state index in [9.17, 15) is 0 Å². The van der Waals surface area contributed by atoms with Crippen molar-refractivity contribution in [3.05, 3.63) is 7.05 Å². The van der Waals surface area contributed by atoms with Crippen LogP contribution in [0, 0.1) is 7.05 Å². The smallest absolute Gasteiger partial charge is 0.0643 e. The first-order chi connectivity index (χ1) is 3.79. The molecular weight excluding hydrogens is 102 g/mol. The summed E-state index contributed by atoms with van der Waals surface area (Å²) in [7, 11) is 3.72. The Kier molecular flexibility index (Phi) is 1.86. The lowest BCUT2D eigenvalue weighted by Crippen LogP contribution is -2.33. The summed E-state index contributed by atoms with van der Waals surface area (Å²) in [6, 6.07) is 0. The van der Waals surface area contributed by atoms with E-state index in [-0.39, 0.29) is 6.10 Å². The van der Waals surface area contributed by atoms with Gasteiger partial charge in [-0.2, -0.15) is 0 Å². The summed E-state index contributed by atoms with van der Waals surface area (Å²) in [5.74, 6) is 0. The Balaban J connectivity index is 2.23. The molecule has 0 aromatic heterocycles. The van der Waals surface area contributed by atoms with Crippen molar-refractivity contribution in [1.82, 2.24) is 4.90 Å². The first kappa shape index (κ1) is 6.05. The molecule has 0 amide bonds. The van der Waals surface area contributed by atoms with E-state index in [4.69, 9.17) is 5.11 Å². The van der Waals surface area contributed by atoms with Gasteiger partial charge in [0.05, 0.1) is 6.10 Å². The maximum Gasteiger partial charge on any atom is 0.0643 e. The minimum absolute atomic E-state index is 0.124. The molecule has 1 atom stereocenters. The maximum atomic E-state index is 9.00. The summed E-state index contributed by atoms with van der Waals surface area (Å²) >= 11 is 0. The van der Waals surface area contributed by atoms with Crippen molar-refractivity contribution < 1.29 is 5.11 Å². The Bertz CT molecular complexity index is 66.9. The van der Waals surface area contributed by atoms with Crippen molar-refractivity contribution in [2.24, 2.45) is 0 Å². The Morgan fingerprint density at radius 3 is 2.75 bits per heavy atom.